The third-order valence-corrected chi connectivity index (χ3v) is 4.24. The number of fused-ring (bicyclic) bond motifs is 4. The number of phenols is 1. The monoisotopic (exact) mass is 305 g/mol. The molecule has 2 aliphatic heterocycles. The molecule has 0 bridgehead atoms. The average Bonchev–Trinajstić information content (AvgIpc) is 2.81. The quantitative estimate of drug-likeness (QED) is 0.686. The maximum absolute atomic E-state index is 12.9. The molecule has 4 N–H and O–H groups in total. The van der Waals surface area contributed by atoms with Gasteiger partial charge in [0.25, 0.3) is 0 Å². The molecule has 0 fully saturated rings. The summed E-state index contributed by atoms with van der Waals surface area (Å²) >= 11 is 0. The van der Waals surface area contributed by atoms with Gasteiger partial charge in [0, 0.05) is 22.9 Å². The molecule has 2 aromatic carbocycles. The van der Waals surface area contributed by atoms with E-state index in [1.165, 1.54) is 12.1 Å². The molecule has 4 rings (SSSR count). The van der Waals surface area contributed by atoms with E-state index in [-0.39, 0.29) is 28.9 Å². The van der Waals surface area contributed by atoms with Gasteiger partial charge < -0.3 is 20.9 Å². The zero-order valence-corrected chi connectivity index (χ0v) is 11.8. The lowest BCUT2D eigenvalue weighted by molar-refractivity contribution is -0.118. The first-order valence-electron chi connectivity index (χ1n) is 6.91. The van der Waals surface area contributed by atoms with E-state index in [0.29, 0.717) is 16.8 Å². The van der Waals surface area contributed by atoms with Crippen molar-refractivity contribution in [3.05, 3.63) is 65.0 Å². The lowest BCUT2D eigenvalue weighted by atomic mass is 9.69. The van der Waals surface area contributed by atoms with Crippen LogP contribution in [0.3, 0.4) is 0 Å². The largest absolute Gasteiger partial charge is 0.508 e. The van der Waals surface area contributed by atoms with Gasteiger partial charge in [0.15, 0.2) is 0 Å². The average molecular weight is 305 g/mol. The van der Waals surface area contributed by atoms with Crippen LogP contribution in [0.4, 0.5) is 5.69 Å². The number of amides is 1. The number of nitrogens with one attached hydrogen (secondary N) is 1. The highest BCUT2D eigenvalue weighted by molar-refractivity contribution is 6.12. The van der Waals surface area contributed by atoms with Gasteiger partial charge >= 0.3 is 0 Å². The number of nitriles is 1. The van der Waals surface area contributed by atoms with Gasteiger partial charge in [-0.15, -0.1) is 0 Å². The van der Waals surface area contributed by atoms with E-state index < -0.39 is 5.41 Å². The number of benzene rings is 2. The SMILES string of the molecule is N#CC1=C(N)Oc2cc(O)ccc2[C@@]12C(=O)Nc1ccccc12. The number of nitrogens with zero attached hydrogens (tertiary/aromatic N) is 1. The van der Waals surface area contributed by atoms with Crippen LogP contribution in [-0.2, 0) is 10.2 Å². The Morgan fingerprint density at radius 2 is 2.00 bits per heavy atom. The normalized spacial score (nSPS) is 21.3. The molecule has 6 nitrogen and oxygen atoms in total. The van der Waals surface area contributed by atoms with Crippen molar-refractivity contribution in [3.63, 3.8) is 0 Å². The van der Waals surface area contributed by atoms with Crippen LogP contribution in [0.2, 0.25) is 0 Å². The molecule has 0 aliphatic carbocycles. The van der Waals surface area contributed by atoms with E-state index >= 15 is 0 Å². The molecule has 0 unspecified atom stereocenters. The number of hydrogen-bond acceptors (Lipinski definition) is 5. The van der Waals surface area contributed by atoms with Crippen LogP contribution in [0, 0.1) is 11.3 Å². The van der Waals surface area contributed by atoms with Crippen molar-refractivity contribution >= 4 is 11.6 Å². The van der Waals surface area contributed by atoms with Crippen LogP contribution in [-0.4, -0.2) is 11.0 Å². The summed E-state index contributed by atoms with van der Waals surface area (Å²) in [4.78, 5) is 12.9. The van der Waals surface area contributed by atoms with E-state index in [1.807, 2.05) is 6.07 Å². The minimum Gasteiger partial charge on any atom is -0.508 e. The van der Waals surface area contributed by atoms with Crippen LogP contribution in [0.1, 0.15) is 11.1 Å². The zero-order chi connectivity index (χ0) is 16.2. The first kappa shape index (κ1) is 13.2. The summed E-state index contributed by atoms with van der Waals surface area (Å²) in [5, 5.41) is 22.1. The molecule has 0 aromatic heterocycles. The summed E-state index contributed by atoms with van der Waals surface area (Å²) < 4.78 is 5.46. The summed E-state index contributed by atoms with van der Waals surface area (Å²) in [5.41, 5.74) is 6.32. The zero-order valence-electron chi connectivity index (χ0n) is 11.8. The van der Waals surface area contributed by atoms with Crippen molar-refractivity contribution in [2.45, 2.75) is 5.41 Å². The molecular formula is C17H11N3O3. The molecule has 1 atom stereocenters. The van der Waals surface area contributed by atoms with Crippen molar-refractivity contribution in [2.24, 2.45) is 5.73 Å². The lowest BCUT2D eigenvalue weighted by Gasteiger charge is -2.33. The van der Waals surface area contributed by atoms with Crippen LogP contribution >= 0.6 is 0 Å². The Labute approximate surface area is 131 Å². The first-order chi connectivity index (χ1) is 11.1. The van der Waals surface area contributed by atoms with E-state index in [1.54, 1.807) is 30.3 Å². The maximum atomic E-state index is 12.9. The number of hydrogen-bond donors (Lipinski definition) is 3. The molecule has 1 amide bonds. The fraction of sp³-hybridized carbons (Fsp3) is 0.0588. The molecule has 0 saturated heterocycles. The van der Waals surface area contributed by atoms with E-state index in [0.717, 1.165) is 0 Å². The summed E-state index contributed by atoms with van der Waals surface area (Å²) in [6.07, 6.45) is 0. The number of ether oxygens (including phenoxy) is 1. The highest BCUT2D eigenvalue weighted by Crippen LogP contribution is 2.53. The highest BCUT2D eigenvalue weighted by Gasteiger charge is 2.56. The summed E-state index contributed by atoms with van der Waals surface area (Å²) in [6.45, 7) is 0. The van der Waals surface area contributed by atoms with Gasteiger partial charge in [-0.05, 0) is 18.2 Å². The third-order valence-electron chi connectivity index (χ3n) is 4.24. The minimum atomic E-state index is -1.36. The molecule has 2 aromatic rings. The van der Waals surface area contributed by atoms with Gasteiger partial charge in [0.1, 0.15) is 28.6 Å². The van der Waals surface area contributed by atoms with Crippen LogP contribution < -0.4 is 15.8 Å². The van der Waals surface area contributed by atoms with Crippen LogP contribution in [0.15, 0.2) is 53.9 Å². The molecule has 0 saturated carbocycles. The standard InChI is InChI=1S/C17H11N3O3/c18-8-12-15(19)23-14-7-9(21)5-6-11(14)17(12)10-3-1-2-4-13(10)20-16(17)22/h1-7,21H,19H2,(H,20,22)/t17-/m1/s1. The van der Waals surface area contributed by atoms with Gasteiger partial charge in [-0.1, -0.05) is 18.2 Å². The van der Waals surface area contributed by atoms with Crippen LogP contribution in [0.5, 0.6) is 11.5 Å². The first-order valence-corrected chi connectivity index (χ1v) is 6.91. The minimum absolute atomic E-state index is 0.0150. The Bertz CT molecular complexity index is 942. The second kappa shape index (κ2) is 4.27. The Morgan fingerprint density at radius 1 is 1.22 bits per heavy atom. The number of nitrogens with two attached hydrogens (primary N) is 1. The van der Waals surface area contributed by atoms with E-state index in [4.69, 9.17) is 10.5 Å². The Morgan fingerprint density at radius 3 is 2.78 bits per heavy atom. The maximum Gasteiger partial charge on any atom is 0.245 e. The predicted molar refractivity (Wildman–Crippen MR) is 81.4 cm³/mol. The van der Waals surface area contributed by atoms with Crippen molar-refractivity contribution < 1.29 is 14.6 Å². The van der Waals surface area contributed by atoms with E-state index in [2.05, 4.69) is 5.32 Å². The molecule has 0 radical (unpaired) electrons. The molecule has 1 spiro atoms. The second-order valence-electron chi connectivity index (χ2n) is 5.38. The molecular weight excluding hydrogens is 294 g/mol. The van der Waals surface area contributed by atoms with Crippen molar-refractivity contribution in [2.75, 3.05) is 5.32 Å². The molecule has 6 heteroatoms. The van der Waals surface area contributed by atoms with Crippen molar-refractivity contribution in [1.29, 1.82) is 5.26 Å². The lowest BCUT2D eigenvalue weighted by Crippen LogP contribution is -2.42. The fourth-order valence-corrected chi connectivity index (χ4v) is 3.31. The Balaban J connectivity index is 2.15. The summed E-state index contributed by atoms with van der Waals surface area (Å²) in [7, 11) is 0. The van der Waals surface area contributed by atoms with Gasteiger partial charge in [-0.25, -0.2) is 0 Å². The summed E-state index contributed by atoms with van der Waals surface area (Å²) in [6, 6.07) is 13.6. The second-order valence-corrected chi connectivity index (χ2v) is 5.38. The molecule has 23 heavy (non-hydrogen) atoms. The smallest absolute Gasteiger partial charge is 0.245 e. The Kier molecular flexibility index (Phi) is 2.46. The van der Waals surface area contributed by atoms with Gasteiger partial charge in [0.05, 0.1) is 0 Å². The highest BCUT2D eigenvalue weighted by atomic mass is 16.5. The molecule has 2 aliphatic rings. The van der Waals surface area contributed by atoms with Crippen LogP contribution in [0.25, 0.3) is 0 Å². The number of anilines is 1. The van der Waals surface area contributed by atoms with E-state index in [9.17, 15) is 15.2 Å². The third kappa shape index (κ3) is 1.48. The fourth-order valence-electron chi connectivity index (χ4n) is 3.31. The predicted octanol–water partition coefficient (Wildman–Crippen LogP) is 1.72. The number of para-hydroxylation sites is 1. The number of aromatic hydroxyl groups is 1. The van der Waals surface area contributed by atoms with Crippen molar-refractivity contribution in [3.8, 4) is 17.6 Å². The van der Waals surface area contributed by atoms with Gasteiger partial charge in [-0.2, -0.15) is 5.26 Å². The number of rotatable bonds is 0. The Hall–Kier alpha value is -3.46. The number of carbonyl (C=O) groups is 1. The summed E-state index contributed by atoms with van der Waals surface area (Å²) in [5.74, 6) is -0.266. The number of phenolic OH excluding ortho intramolecular Hbond substituents is 1. The van der Waals surface area contributed by atoms with Gasteiger partial charge in [-0.3, -0.25) is 4.79 Å². The van der Waals surface area contributed by atoms with Crippen molar-refractivity contribution in [1.82, 2.24) is 0 Å². The molecule has 112 valence electrons. The molecule has 2 heterocycles. The van der Waals surface area contributed by atoms with Gasteiger partial charge in [0.2, 0.25) is 11.8 Å². The topological polar surface area (TPSA) is 108 Å². The number of carbonyl (C=O) groups excluding carboxylic acids is 1.